The van der Waals surface area contributed by atoms with E-state index < -0.39 is 0 Å². The van der Waals surface area contributed by atoms with Gasteiger partial charge in [-0.3, -0.25) is 9.97 Å². The Morgan fingerprint density at radius 3 is 2.09 bits per heavy atom. The number of pyridine rings is 3. The number of piperazine rings is 1. The largest absolute Gasteiger partial charge is 0.354 e. The molecule has 0 bridgehead atoms. The average Bonchev–Trinajstić information content (AvgIpc) is 2.91. The van der Waals surface area contributed by atoms with Gasteiger partial charge >= 0.3 is 0 Å². The van der Waals surface area contributed by atoms with Gasteiger partial charge in [0, 0.05) is 56.9 Å². The van der Waals surface area contributed by atoms with E-state index in [2.05, 4.69) is 80.2 Å². The van der Waals surface area contributed by atoms with E-state index in [1.165, 1.54) is 11.1 Å². The number of benzene rings is 1. The maximum absolute atomic E-state index is 4.82. The van der Waals surface area contributed by atoms with E-state index in [4.69, 9.17) is 4.98 Å². The molecule has 1 fully saturated rings. The first kappa shape index (κ1) is 22.0. The standard InChI is InChI=1S/C28H30N6/c1-32-16-18-33(19-17-32)28-11-10-24(20-31-28)27-9-3-2-6-23(27)12-15-34(25-7-4-13-29-21-25)26-8-5-14-30-22-26/h2-11,13-14,20-22H,12,15-19H2,1H3. The van der Waals surface area contributed by atoms with Gasteiger partial charge in [-0.2, -0.15) is 0 Å². The van der Waals surface area contributed by atoms with Gasteiger partial charge in [-0.1, -0.05) is 24.3 Å². The van der Waals surface area contributed by atoms with Gasteiger partial charge in [0.25, 0.3) is 0 Å². The molecule has 5 rings (SSSR count). The highest BCUT2D eigenvalue weighted by Crippen LogP contribution is 2.28. The van der Waals surface area contributed by atoms with Gasteiger partial charge in [-0.15, -0.1) is 0 Å². The molecule has 0 saturated carbocycles. The van der Waals surface area contributed by atoms with E-state index in [0.717, 1.165) is 61.9 Å². The maximum atomic E-state index is 4.82. The van der Waals surface area contributed by atoms with Gasteiger partial charge in [-0.25, -0.2) is 4.98 Å². The lowest BCUT2D eigenvalue weighted by atomic mass is 9.98. The molecular formula is C28H30N6. The monoisotopic (exact) mass is 450 g/mol. The minimum atomic E-state index is 0.821. The van der Waals surface area contributed by atoms with Crippen LogP contribution in [0.25, 0.3) is 11.1 Å². The second kappa shape index (κ2) is 10.4. The van der Waals surface area contributed by atoms with Gasteiger partial charge in [0.05, 0.1) is 23.8 Å². The lowest BCUT2D eigenvalue weighted by molar-refractivity contribution is 0.312. The molecule has 6 heteroatoms. The van der Waals surface area contributed by atoms with Crippen LogP contribution in [0.3, 0.4) is 0 Å². The smallest absolute Gasteiger partial charge is 0.128 e. The predicted octanol–water partition coefficient (Wildman–Crippen LogP) is 4.67. The summed E-state index contributed by atoms with van der Waals surface area (Å²) >= 11 is 0. The van der Waals surface area contributed by atoms with E-state index in [9.17, 15) is 0 Å². The van der Waals surface area contributed by atoms with Crippen molar-refractivity contribution in [1.29, 1.82) is 0 Å². The summed E-state index contributed by atoms with van der Waals surface area (Å²) in [5.41, 5.74) is 5.81. The van der Waals surface area contributed by atoms with Crippen LogP contribution in [0.1, 0.15) is 5.56 Å². The first-order valence-corrected chi connectivity index (χ1v) is 11.8. The number of hydrogen-bond acceptors (Lipinski definition) is 6. The molecule has 0 N–H and O–H groups in total. The molecule has 4 aromatic rings. The van der Waals surface area contributed by atoms with E-state index in [1.807, 2.05) is 30.7 Å². The number of likely N-dealkylation sites (N-methyl/N-ethyl adjacent to an activating group) is 1. The summed E-state index contributed by atoms with van der Waals surface area (Å²) in [6, 6.07) is 21.1. The SMILES string of the molecule is CN1CCN(c2ccc(-c3ccccc3CCN(c3cccnc3)c3cccnc3)cn2)CC1. The molecule has 0 radical (unpaired) electrons. The van der Waals surface area contributed by atoms with E-state index in [1.54, 1.807) is 12.4 Å². The quantitative estimate of drug-likeness (QED) is 0.408. The molecule has 1 aliphatic rings. The number of anilines is 3. The molecule has 0 unspecified atom stereocenters. The van der Waals surface area contributed by atoms with Crippen molar-refractivity contribution in [3.8, 4) is 11.1 Å². The van der Waals surface area contributed by atoms with Crippen LogP contribution in [0, 0.1) is 0 Å². The zero-order chi connectivity index (χ0) is 23.2. The highest BCUT2D eigenvalue weighted by atomic mass is 15.3. The fourth-order valence-electron chi connectivity index (χ4n) is 4.45. The molecular weight excluding hydrogens is 420 g/mol. The van der Waals surface area contributed by atoms with Crippen LogP contribution in [0.15, 0.2) is 91.6 Å². The zero-order valence-corrected chi connectivity index (χ0v) is 19.6. The highest BCUT2D eigenvalue weighted by Gasteiger charge is 2.16. The van der Waals surface area contributed by atoms with Crippen molar-refractivity contribution >= 4 is 17.2 Å². The molecule has 1 aromatic carbocycles. The Kier molecular flexibility index (Phi) is 6.77. The van der Waals surface area contributed by atoms with Gasteiger partial charge in [0.15, 0.2) is 0 Å². The third kappa shape index (κ3) is 5.07. The Balaban J connectivity index is 1.36. The van der Waals surface area contributed by atoms with Crippen molar-refractivity contribution in [1.82, 2.24) is 19.9 Å². The van der Waals surface area contributed by atoms with Gasteiger partial charge in [0.2, 0.25) is 0 Å². The summed E-state index contributed by atoms with van der Waals surface area (Å²) < 4.78 is 0. The Morgan fingerprint density at radius 2 is 1.47 bits per heavy atom. The lowest BCUT2D eigenvalue weighted by Crippen LogP contribution is -2.44. The fraction of sp³-hybridized carbons (Fsp3) is 0.250. The normalized spacial score (nSPS) is 14.2. The minimum absolute atomic E-state index is 0.821. The average molecular weight is 451 g/mol. The van der Waals surface area contributed by atoms with Crippen LogP contribution in [0.4, 0.5) is 17.2 Å². The van der Waals surface area contributed by atoms with Crippen molar-refractivity contribution in [2.75, 3.05) is 49.6 Å². The zero-order valence-electron chi connectivity index (χ0n) is 19.6. The highest BCUT2D eigenvalue weighted by molar-refractivity contribution is 5.68. The van der Waals surface area contributed by atoms with Crippen LogP contribution < -0.4 is 9.80 Å². The minimum Gasteiger partial charge on any atom is -0.354 e. The van der Waals surface area contributed by atoms with E-state index in [-0.39, 0.29) is 0 Å². The number of rotatable bonds is 7. The summed E-state index contributed by atoms with van der Waals surface area (Å²) in [5, 5.41) is 0. The van der Waals surface area contributed by atoms with Crippen molar-refractivity contribution in [2.45, 2.75) is 6.42 Å². The summed E-state index contributed by atoms with van der Waals surface area (Å²) in [6.07, 6.45) is 10.3. The summed E-state index contributed by atoms with van der Waals surface area (Å²) in [4.78, 5) is 20.5. The number of nitrogens with zero attached hydrogens (tertiary/aromatic N) is 6. The number of aromatic nitrogens is 3. The van der Waals surface area contributed by atoms with Gasteiger partial charge in [-0.05, 0) is 61.0 Å². The lowest BCUT2D eigenvalue weighted by Gasteiger charge is -2.33. The van der Waals surface area contributed by atoms with Crippen LogP contribution >= 0.6 is 0 Å². The molecule has 3 aromatic heterocycles. The predicted molar refractivity (Wildman–Crippen MR) is 139 cm³/mol. The molecule has 0 aliphatic carbocycles. The molecule has 1 saturated heterocycles. The third-order valence-corrected chi connectivity index (χ3v) is 6.42. The van der Waals surface area contributed by atoms with Gasteiger partial charge in [0.1, 0.15) is 5.82 Å². The number of hydrogen-bond donors (Lipinski definition) is 0. The Morgan fingerprint density at radius 1 is 0.765 bits per heavy atom. The summed E-state index contributed by atoms with van der Waals surface area (Å²) in [6.45, 7) is 5.03. The van der Waals surface area contributed by atoms with Crippen molar-refractivity contribution < 1.29 is 0 Å². The molecule has 172 valence electrons. The summed E-state index contributed by atoms with van der Waals surface area (Å²) in [5.74, 6) is 1.06. The Bertz CT molecular complexity index is 1130. The molecule has 1 aliphatic heterocycles. The van der Waals surface area contributed by atoms with Crippen LogP contribution in [0.5, 0.6) is 0 Å². The van der Waals surface area contributed by atoms with Crippen molar-refractivity contribution in [2.24, 2.45) is 0 Å². The molecule has 0 amide bonds. The van der Waals surface area contributed by atoms with Crippen LogP contribution in [-0.2, 0) is 6.42 Å². The van der Waals surface area contributed by atoms with E-state index in [0.29, 0.717) is 0 Å². The molecule has 6 nitrogen and oxygen atoms in total. The van der Waals surface area contributed by atoms with Crippen LogP contribution in [0.2, 0.25) is 0 Å². The molecule has 0 spiro atoms. The molecule has 0 atom stereocenters. The first-order chi connectivity index (χ1) is 16.8. The van der Waals surface area contributed by atoms with E-state index >= 15 is 0 Å². The Hall–Kier alpha value is -3.77. The molecule has 4 heterocycles. The second-order valence-electron chi connectivity index (χ2n) is 8.68. The third-order valence-electron chi connectivity index (χ3n) is 6.42. The van der Waals surface area contributed by atoms with Crippen molar-refractivity contribution in [3.05, 3.63) is 97.2 Å². The molecule has 34 heavy (non-hydrogen) atoms. The fourth-order valence-corrected chi connectivity index (χ4v) is 4.45. The van der Waals surface area contributed by atoms with Crippen LogP contribution in [-0.4, -0.2) is 59.6 Å². The van der Waals surface area contributed by atoms with Crippen molar-refractivity contribution in [3.63, 3.8) is 0 Å². The topological polar surface area (TPSA) is 48.4 Å². The second-order valence-corrected chi connectivity index (χ2v) is 8.68. The Labute approximate surface area is 201 Å². The maximum Gasteiger partial charge on any atom is 0.128 e. The van der Waals surface area contributed by atoms with Gasteiger partial charge < -0.3 is 14.7 Å². The first-order valence-electron chi connectivity index (χ1n) is 11.8. The summed E-state index contributed by atoms with van der Waals surface area (Å²) in [7, 11) is 2.18.